The van der Waals surface area contributed by atoms with E-state index in [4.69, 9.17) is 0 Å². The largest absolute Gasteiger partial charge is 0.353 e. The van der Waals surface area contributed by atoms with E-state index in [0.717, 1.165) is 56.4 Å². The van der Waals surface area contributed by atoms with Gasteiger partial charge < -0.3 is 10.6 Å². The van der Waals surface area contributed by atoms with Crippen molar-refractivity contribution in [2.75, 3.05) is 32.7 Å². The molecule has 9 heteroatoms. The van der Waals surface area contributed by atoms with Crippen LogP contribution in [0.1, 0.15) is 67.3 Å². The molecule has 2 aromatic rings. The number of hydrogen-bond donors (Lipinski definition) is 2. The Morgan fingerprint density at radius 2 is 1.90 bits per heavy atom. The van der Waals surface area contributed by atoms with E-state index in [0.29, 0.717) is 0 Å². The molecule has 2 amide bonds. The summed E-state index contributed by atoms with van der Waals surface area (Å²) in [5.41, 5.74) is 5.96. The molecule has 2 aliphatic heterocycles. The molecule has 2 aromatic carbocycles. The summed E-state index contributed by atoms with van der Waals surface area (Å²) in [6.45, 7) is 7.65. The average molecular weight is 565 g/mol. The Balaban J connectivity index is 1.28. The lowest BCUT2D eigenvalue weighted by molar-refractivity contribution is -0.132. The molecule has 0 saturated carbocycles. The van der Waals surface area contributed by atoms with E-state index in [2.05, 4.69) is 46.7 Å². The summed E-state index contributed by atoms with van der Waals surface area (Å²) in [4.78, 5) is 28.7. The van der Waals surface area contributed by atoms with E-state index in [1.807, 2.05) is 6.92 Å². The quantitative estimate of drug-likeness (QED) is 0.511. The van der Waals surface area contributed by atoms with Crippen LogP contribution in [0.15, 0.2) is 53.4 Å². The summed E-state index contributed by atoms with van der Waals surface area (Å²) in [5, 5.41) is 5.85. The molecule has 3 aliphatic rings. The van der Waals surface area contributed by atoms with Gasteiger partial charge in [-0.3, -0.25) is 14.5 Å². The number of amides is 2. The van der Waals surface area contributed by atoms with Crippen LogP contribution in [-0.4, -0.2) is 68.2 Å². The van der Waals surface area contributed by atoms with E-state index < -0.39 is 22.0 Å². The van der Waals surface area contributed by atoms with E-state index >= 15 is 0 Å². The second-order valence-corrected chi connectivity index (χ2v) is 13.0. The van der Waals surface area contributed by atoms with Crippen LogP contribution >= 0.6 is 0 Å². The van der Waals surface area contributed by atoms with Crippen molar-refractivity contribution in [2.24, 2.45) is 0 Å². The minimum absolute atomic E-state index is 0.126. The molecule has 5 rings (SSSR count). The lowest BCUT2D eigenvalue weighted by Crippen LogP contribution is -2.58. The fraction of sp³-hybridized carbons (Fsp3) is 0.484. The van der Waals surface area contributed by atoms with Crippen LogP contribution in [0.3, 0.4) is 0 Å². The smallest absolute Gasteiger partial charge is 0.243 e. The van der Waals surface area contributed by atoms with Gasteiger partial charge in [-0.1, -0.05) is 48.9 Å². The minimum atomic E-state index is -3.93. The van der Waals surface area contributed by atoms with Crippen LogP contribution in [0.25, 0.3) is 5.57 Å². The third-order valence-electron chi connectivity index (χ3n) is 8.28. The van der Waals surface area contributed by atoms with Crippen LogP contribution in [0.4, 0.5) is 0 Å². The molecule has 40 heavy (non-hydrogen) atoms. The van der Waals surface area contributed by atoms with E-state index in [-0.39, 0.29) is 36.4 Å². The Bertz CT molecular complexity index is 1390. The Kier molecular flexibility index (Phi) is 8.73. The summed E-state index contributed by atoms with van der Waals surface area (Å²) in [7, 11) is -3.93. The van der Waals surface area contributed by atoms with Gasteiger partial charge in [0, 0.05) is 26.2 Å². The molecule has 2 N–H and O–H groups in total. The van der Waals surface area contributed by atoms with Gasteiger partial charge in [0.1, 0.15) is 6.04 Å². The number of benzene rings is 2. The highest BCUT2D eigenvalue weighted by molar-refractivity contribution is 7.89. The molecule has 1 aliphatic carbocycles. The highest BCUT2D eigenvalue weighted by atomic mass is 32.2. The first-order valence-corrected chi connectivity index (χ1v) is 15.9. The number of fused-ring (bicyclic) bond motifs is 1. The van der Waals surface area contributed by atoms with E-state index in [1.165, 1.54) is 27.4 Å². The number of nitrogens with zero attached hydrogens (tertiary/aromatic N) is 2. The first-order chi connectivity index (χ1) is 19.3. The second kappa shape index (κ2) is 12.2. The lowest BCUT2D eigenvalue weighted by Gasteiger charge is -2.34. The summed E-state index contributed by atoms with van der Waals surface area (Å²) in [6, 6.07) is 11.9. The molecular formula is C31H40N4O4S. The van der Waals surface area contributed by atoms with Crippen molar-refractivity contribution in [3.05, 3.63) is 70.8 Å². The maximum absolute atomic E-state index is 13.4. The predicted molar refractivity (Wildman–Crippen MR) is 156 cm³/mol. The van der Waals surface area contributed by atoms with Gasteiger partial charge in [-0.05, 0) is 80.0 Å². The average Bonchev–Trinajstić information content (AvgIpc) is 2.95. The lowest BCUT2D eigenvalue weighted by atomic mass is 9.85. The van der Waals surface area contributed by atoms with Crippen molar-refractivity contribution in [3.63, 3.8) is 0 Å². The highest BCUT2D eigenvalue weighted by Gasteiger charge is 2.40. The molecule has 0 radical (unpaired) electrons. The topological polar surface area (TPSA) is 98.8 Å². The number of hydrogen-bond acceptors (Lipinski definition) is 5. The number of piperazine rings is 1. The maximum atomic E-state index is 13.4. The van der Waals surface area contributed by atoms with Crippen LogP contribution in [0.5, 0.6) is 0 Å². The number of carbonyl (C=O) groups excluding carboxylic acids is 2. The molecule has 2 unspecified atom stereocenters. The zero-order valence-electron chi connectivity index (χ0n) is 23.5. The van der Waals surface area contributed by atoms with E-state index in [9.17, 15) is 18.0 Å². The molecule has 0 spiro atoms. The van der Waals surface area contributed by atoms with Gasteiger partial charge in [0.15, 0.2) is 0 Å². The van der Waals surface area contributed by atoms with Crippen LogP contribution in [-0.2, 0) is 26.0 Å². The third kappa shape index (κ3) is 6.16. The molecule has 0 bridgehead atoms. The van der Waals surface area contributed by atoms with Gasteiger partial charge >= 0.3 is 0 Å². The zero-order valence-corrected chi connectivity index (χ0v) is 24.3. The SMILES string of the molecule is CCCN1CC=C(c2ccc3c(c2)CCCC3NC(=O)CC2C(=O)NCCN2S(=O)(=O)c2ccc(C)cc2)CC1. The van der Waals surface area contributed by atoms with Gasteiger partial charge in [-0.2, -0.15) is 4.31 Å². The summed E-state index contributed by atoms with van der Waals surface area (Å²) in [5.74, 6) is -0.761. The number of aryl methyl sites for hydroxylation is 2. The first-order valence-electron chi connectivity index (χ1n) is 14.5. The maximum Gasteiger partial charge on any atom is 0.243 e. The number of sulfonamides is 1. The third-order valence-corrected chi connectivity index (χ3v) is 10.2. The standard InChI is InChI=1S/C31H40N4O4S/c1-3-16-34-17-13-23(14-18-34)24-9-12-27-25(20-24)5-4-6-28(27)33-30(36)21-29-31(37)32-15-19-35(29)40(38,39)26-10-7-22(2)8-11-26/h7-13,20,28-29H,3-6,14-19,21H2,1-2H3,(H,32,37)(H,33,36). The van der Waals surface area contributed by atoms with Gasteiger partial charge in [0.25, 0.3) is 0 Å². The molecule has 8 nitrogen and oxygen atoms in total. The summed E-state index contributed by atoms with van der Waals surface area (Å²) < 4.78 is 28.0. The van der Waals surface area contributed by atoms with Crippen molar-refractivity contribution in [2.45, 2.75) is 69.4 Å². The van der Waals surface area contributed by atoms with Gasteiger partial charge in [-0.15, -0.1) is 0 Å². The van der Waals surface area contributed by atoms with Crippen LogP contribution in [0, 0.1) is 6.92 Å². The predicted octanol–water partition coefficient (Wildman–Crippen LogP) is 3.57. The molecular weight excluding hydrogens is 524 g/mol. The van der Waals surface area contributed by atoms with Crippen molar-refractivity contribution in [3.8, 4) is 0 Å². The second-order valence-electron chi connectivity index (χ2n) is 11.1. The monoisotopic (exact) mass is 564 g/mol. The van der Waals surface area contributed by atoms with Crippen molar-refractivity contribution in [1.82, 2.24) is 19.8 Å². The van der Waals surface area contributed by atoms with Gasteiger partial charge in [0.2, 0.25) is 21.8 Å². The van der Waals surface area contributed by atoms with Gasteiger partial charge in [0.05, 0.1) is 17.4 Å². The van der Waals surface area contributed by atoms with Crippen LogP contribution < -0.4 is 10.6 Å². The first kappa shape index (κ1) is 28.5. The Morgan fingerprint density at radius 3 is 2.62 bits per heavy atom. The fourth-order valence-corrected chi connectivity index (χ4v) is 7.69. The van der Waals surface area contributed by atoms with Gasteiger partial charge in [-0.25, -0.2) is 8.42 Å². The Labute approximate surface area is 237 Å². The Morgan fingerprint density at radius 1 is 1.10 bits per heavy atom. The minimum Gasteiger partial charge on any atom is -0.353 e. The number of nitrogens with one attached hydrogen (secondary N) is 2. The van der Waals surface area contributed by atoms with Crippen LogP contribution in [0.2, 0.25) is 0 Å². The molecule has 1 saturated heterocycles. The normalized spacial score (nSPS) is 22.2. The molecule has 0 aromatic heterocycles. The molecule has 2 heterocycles. The molecule has 1 fully saturated rings. The number of carbonyl (C=O) groups is 2. The summed E-state index contributed by atoms with van der Waals surface area (Å²) >= 11 is 0. The van der Waals surface area contributed by atoms with Crippen molar-refractivity contribution < 1.29 is 18.0 Å². The fourth-order valence-electron chi connectivity index (χ4n) is 6.11. The Hall–Kier alpha value is -3.01. The number of rotatable bonds is 8. The molecule has 2 atom stereocenters. The highest BCUT2D eigenvalue weighted by Crippen LogP contribution is 2.33. The summed E-state index contributed by atoms with van der Waals surface area (Å²) in [6.07, 6.45) is 7.08. The molecule has 214 valence electrons. The van der Waals surface area contributed by atoms with Crippen molar-refractivity contribution >= 4 is 27.4 Å². The van der Waals surface area contributed by atoms with Crippen molar-refractivity contribution in [1.29, 1.82) is 0 Å². The zero-order chi connectivity index (χ0) is 28.3. The van der Waals surface area contributed by atoms with E-state index in [1.54, 1.807) is 24.3 Å².